The number of carbonyl (C=O) groups excluding carboxylic acids is 2. The van der Waals surface area contributed by atoms with Crippen LogP contribution in [0, 0.1) is 34.6 Å². The number of amides is 2. The Morgan fingerprint density at radius 3 is 2.70 bits per heavy atom. The second-order valence-corrected chi connectivity index (χ2v) is 7.65. The maximum atomic E-state index is 14.6. The molecule has 0 aromatic heterocycles. The lowest BCUT2D eigenvalue weighted by Crippen LogP contribution is -2.41. The highest BCUT2D eigenvalue weighted by molar-refractivity contribution is 6.05. The van der Waals surface area contributed by atoms with Crippen LogP contribution in [0.1, 0.15) is 24.0 Å². The predicted molar refractivity (Wildman–Crippen MR) is 105 cm³/mol. The molecule has 30 heavy (non-hydrogen) atoms. The van der Waals surface area contributed by atoms with Crippen LogP contribution in [0.2, 0.25) is 0 Å². The van der Waals surface area contributed by atoms with Crippen LogP contribution in [0.5, 0.6) is 0 Å². The van der Waals surface area contributed by atoms with E-state index in [2.05, 4.69) is 0 Å². The van der Waals surface area contributed by atoms with Crippen molar-refractivity contribution in [2.45, 2.75) is 26.2 Å². The van der Waals surface area contributed by atoms with Gasteiger partial charge in [-0.1, -0.05) is 6.07 Å². The molecule has 9 heteroatoms. The SMILES string of the molecule is Cc1cc(F)c2c(c1)CCCN2C(=O)C1CC(=O)N(c2ccc(F)c([N+](=O)[O-])c2)C1. The Hall–Kier alpha value is -3.36. The first kappa shape index (κ1) is 19.9. The number of hydrogen-bond acceptors (Lipinski definition) is 4. The first-order valence-corrected chi connectivity index (χ1v) is 9.61. The van der Waals surface area contributed by atoms with Gasteiger partial charge in [0.25, 0.3) is 0 Å². The van der Waals surface area contributed by atoms with Crippen molar-refractivity contribution >= 4 is 28.9 Å². The fraction of sp³-hybridized carbons (Fsp3) is 0.333. The molecule has 1 fully saturated rings. The van der Waals surface area contributed by atoms with Gasteiger partial charge in [-0.15, -0.1) is 0 Å². The smallest absolute Gasteiger partial charge is 0.306 e. The quantitative estimate of drug-likeness (QED) is 0.567. The van der Waals surface area contributed by atoms with Crippen molar-refractivity contribution in [3.8, 4) is 0 Å². The van der Waals surface area contributed by atoms with E-state index >= 15 is 0 Å². The van der Waals surface area contributed by atoms with E-state index < -0.39 is 34.1 Å². The van der Waals surface area contributed by atoms with Gasteiger partial charge in [0.05, 0.1) is 22.2 Å². The summed E-state index contributed by atoms with van der Waals surface area (Å²) < 4.78 is 28.3. The first-order chi connectivity index (χ1) is 14.3. The number of hydrogen-bond donors (Lipinski definition) is 0. The molecule has 2 amide bonds. The molecular weight excluding hydrogens is 396 g/mol. The van der Waals surface area contributed by atoms with Gasteiger partial charge in [-0.3, -0.25) is 19.7 Å². The summed E-state index contributed by atoms with van der Waals surface area (Å²) in [7, 11) is 0. The van der Waals surface area contributed by atoms with Crippen molar-refractivity contribution in [3.05, 3.63) is 63.2 Å². The van der Waals surface area contributed by atoms with E-state index in [1.165, 1.54) is 21.9 Å². The maximum absolute atomic E-state index is 14.6. The highest BCUT2D eigenvalue weighted by atomic mass is 19.1. The Kier molecular flexibility index (Phi) is 4.97. The van der Waals surface area contributed by atoms with E-state index in [0.29, 0.717) is 19.4 Å². The van der Waals surface area contributed by atoms with Crippen LogP contribution in [0.25, 0.3) is 0 Å². The molecule has 0 radical (unpaired) electrons. The van der Waals surface area contributed by atoms with E-state index in [9.17, 15) is 28.5 Å². The number of nitro benzene ring substituents is 1. The largest absolute Gasteiger partial charge is 0.311 e. The van der Waals surface area contributed by atoms with Gasteiger partial charge in [-0.2, -0.15) is 4.39 Å². The van der Waals surface area contributed by atoms with Gasteiger partial charge >= 0.3 is 5.69 Å². The van der Waals surface area contributed by atoms with Gasteiger partial charge in [0.2, 0.25) is 17.6 Å². The summed E-state index contributed by atoms with van der Waals surface area (Å²) in [5.41, 5.74) is 1.23. The standard InChI is InChI=1S/C21H19F2N3O4/c1-12-7-13-3-2-6-24(20(13)17(23)8-12)21(28)14-9-19(27)25(11-14)15-4-5-16(22)18(10-15)26(29)30/h4-5,7-8,10,14H,2-3,6,9,11H2,1H3. The fourth-order valence-corrected chi connectivity index (χ4v) is 4.21. The fourth-order valence-electron chi connectivity index (χ4n) is 4.21. The monoisotopic (exact) mass is 415 g/mol. The molecule has 2 aromatic rings. The van der Waals surface area contributed by atoms with Crippen LogP contribution in [0.4, 0.5) is 25.8 Å². The number of nitrogens with zero attached hydrogens (tertiary/aromatic N) is 3. The average Bonchev–Trinajstić information content (AvgIpc) is 3.08. The summed E-state index contributed by atoms with van der Waals surface area (Å²) >= 11 is 0. The minimum absolute atomic E-state index is 0.000231. The molecule has 4 rings (SSSR count). The Bertz CT molecular complexity index is 1070. The van der Waals surface area contributed by atoms with Crippen molar-refractivity contribution in [1.29, 1.82) is 0 Å². The molecule has 2 aliphatic heterocycles. The summed E-state index contributed by atoms with van der Waals surface area (Å²) in [4.78, 5) is 38.4. The van der Waals surface area contributed by atoms with Crippen molar-refractivity contribution in [2.75, 3.05) is 22.9 Å². The number of carbonyl (C=O) groups is 2. The lowest BCUT2D eigenvalue weighted by Gasteiger charge is -2.32. The second-order valence-electron chi connectivity index (χ2n) is 7.65. The summed E-state index contributed by atoms with van der Waals surface area (Å²) in [6.07, 6.45) is 1.27. The van der Waals surface area contributed by atoms with Crippen LogP contribution < -0.4 is 9.80 Å². The van der Waals surface area contributed by atoms with Crippen LogP contribution in [-0.4, -0.2) is 29.8 Å². The third-order valence-electron chi connectivity index (χ3n) is 5.56. The van der Waals surface area contributed by atoms with Crippen LogP contribution in [0.3, 0.4) is 0 Å². The third-order valence-corrected chi connectivity index (χ3v) is 5.56. The molecule has 7 nitrogen and oxygen atoms in total. The molecule has 0 N–H and O–H groups in total. The Morgan fingerprint density at radius 1 is 1.20 bits per heavy atom. The number of nitro groups is 1. The molecule has 0 saturated carbocycles. The molecule has 156 valence electrons. The normalized spacial score (nSPS) is 18.5. The van der Waals surface area contributed by atoms with E-state index in [1.54, 1.807) is 6.92 Å². The molecule has 0 aliphatic carbocycles. The van der Waals surface area contributed by atoms with Crippen molar-refractivity contribution < 1.29 is 23.3 Å². The summed E-state index contributed by atoms with van der Waals surface area (Å²) in [5, 5.41) is 11.0. The number of anilines is 2. The number of rotatable bonds is 3. The lowest BCUT2D eigenvalue weighted by atomic mass is 9.97. The Labute approximate surface area is 171 Å². The molecular formula is C21H19F2N3O4. The summed E-state index contributed by atoms with van der Waals surface area (Å²) in [5.74, 6) is -2.93. The average molecular weight is 415 g/mol. The first-order valence-electron chi connectivity index (χ1n) is 9.61. The number of halogens is 2. The number of fused-ring (bicyclic) bond motifs is 1. The molecule has 0 spiro atoms. The highest BCUT2D eigenvalue weighted by Gasteiger charge is 2.39. The molecule has 2 aliphatic rings. The van der Waals surface area contributed by atoms with Crippen LogP contribution in [0.15, 0.2) is 30.3 Å². The number of aryl methyl sites for hydroxylation is 2. The molecule has 1 atom stereocenters. The van der Waals surface area contributed by atoms with E-state index in [0.717, 1.165) is 23.3 Å². The van der Waals surface area contributed by atoms with Gasteiger partial charge < -0.3 is 9.80 Å². The second kappa shape index (κ2) is 7.47. The predicted octanol–water partition coefficient (Wildman–Crippen LogP) is 3.51. The van der Waals surface area contributed by atoms with Gasteiger partial charge in [0.1, 0.15) is 5.82 Å². The molecule has 0 bridgehead atoms. The van der Waals surface area contributed by atoms with Crippen molar-refractivity contribution in [3.63, 3.8) is 0 Å². The van der Waals surface area contributed by atoms with Gasteiger partial charge in [-0.05, 0) is 49.1 Å². The van der Waals surface area contributed by atoms with Crippen molar-refractivity contribution in [1.82, 2.24) is 0 Å². The van der Waals surface area contributed by atoms with Gasteiger partial charge in [-0.25, -0.2) is 4.39 Å². The Morgan fingerprint density at radius 2 is 1.97 bits per heavy atom. The zero-order valence-corrected chi connectivity index (χ0v) is 16.2. The topological polar surface area (TPSA) is 83.8 Å². The highest BCUT2D eigenvalue weighted by Crippen LogP contribution is 2.35. The van der Waals surface area contributed by atoms with Crippen LogP contribution >= 0.6 is 0 Å². The van der Waals surface area contributed by atoms with E-state index in [-0.39, 0.29) is 30.2 Å². The summed E-state index contributed by atoms with van der Waals surface area (Å²) in [6, 6.07) is 6.43. The lowest BCUT2D eigenvalue weighted by molar-refractivity contribution is -0.387. The van der Waals surface area contributed by atoms with E-state index in [4.69, 9.17) is 0 Å². The Balaban J connectivity index is 1.60. The molecule has 2 aromatic carbocycles. The van der Waals surface area contributed by atoms with Gasteiger partial charge in [0.15, 0.2) is 0 Å². The van der Waals surface area contributed by atoms with E-state index in [1.807, 2.05) is 6.07 Å². The molecule has 1 unspecified atom stereocenters. The number of benzene rings is 2. The maximum Gasteiger partial charge on any atom is 0.306 e. The third kappa shape index (κ3) is 3.40. The zero-order chi connectivity index (χ0) is 21.6. The van der Waals surface area contributed by atoms with Crippen LogP contribution in [-0.2, 0) is 16.0 Å². The minimum atomic E-state index is -1.00. The molecule has 1 saturated heterocycles. The van der Waals surface area contributed by atoms with Gasteiger partial charge in [0, 0.05) is 25.6 Å². The zero-order valence-electron chi connectivity index (χ0n) is 16.2. The summed E-state index contributed by atoms with van der Waals surface area (Å²) in [6.45, 7) is 2.15. The minimum Gasteiger partial charge on any atom is -0.311 e. The molecule has 2 heterocycles. The van der Waals surface area contributed by atoms with Crippen molar-refractivity contribution in [2.24, 2.45) is 5.92 Å².